The van der Waals surface area contributed by atoms with E-state index < -0.39 is 0 Å². The second kappa shape index (κ2) is 4.47. The molecular formula is C9H4BrClFNOS. The Labute approximate surface area is 103 Å². The first-order valence-electron chi connectivity index (χ1n) is 3.89. The predicted octanol–water partition coefficient (Wildman–Crippen LogP) is 4.49. The molecule has 0 spiro atoms. The van der Waals surface area contributed by atoms with Crippen molar-refractivity contribution in [3.05, 3.63) is 39.0 Å². The van der Waals surface area contributed by atoms with E-state index in [-0.39, 0.29) is 5.82 Å². The van der Waals surface area contributed by atoms with Gasteiger partial charge in [-0.05, 0) is 34.1 Å². The van der Waals surface area contributed by atoms with Crippen LogP contribution in [-0.4, -0.2) is 4.98 Å². The molecule has 2 nitrogen and oxygen atoms in total. The Morgan fingerprint density at radius 2 is 2.27 bits per heavy atom. The molecule has 0 N–H and O–H groups in total. The standard InChI is InChI=1S/C9H4BrClFNOS/c10-6-3-5(1-2-7(6)12)14-9-13-8(11)4-15-9/h1-4H. The molecule has 1 heterocycles. The van der Waals surface area contributed by atoms with Gasteiger partial charge in [0.1, 0.15) is 16.7 Å². The summed E-state index contributed by atoms with van der Waals surface area (Å²) in [7, 11) is 0. The summed E-state index contributed by atoms with van der Waals surface area (Å²) in [6.07, 6.45) is 0. The predicted molar refractivity (Wildman–Crippen MR) is 61.3 cm³/mol. The van der Waals surface area contributed by atoms with Gasteiger partial charge in [0.2, 0.25) is 0 Å². The average Bonchev–Trinajstić information content (AvgIpc) is 2.58. The molecule has 2 rings (SSSR count). The number of nitrogens with zero attached hydrogens (tertiary/aromatic N) is 1. The lowest BCUT2D eigenvalue weighted by molar-refractivity contribution is 0.476. The number of rotatable bonds is 2. The summed E-state index contributed by atoms with van der Waals surface area (Å²) < 4.78 is 18.6. The first-order valence-corrected chi connectivity index (χ1v) is 5.94. The third kappa shape index (κ3) is 2.68. The maximum absolute atomic E-state index is 12.9. The van der Waals surface area contributed by atoms with Gasteiger partial charge in [-0.3, -0.25) is 0 Å². The van der Waals surface area contributed by atoms with E-state index in [4.69, 9.17) is 16.3 Å². The summed E-state index contributed by atoms with van der Waals surface area (Å²) in [5.74, 6) is 0.175. The summed E-state index contributed by atoms with van der Waals surface area (Å²) in [5.41, 5.74) is 0. The molecule has 0 aliphatic carbocycles. The van der Waals surface area contributed by atoms with Gasteiger partial charge >= 0.3 is 0 Å². The van der Waals surface area contributed by atoms with Gasteiger partial charge in [0, 0.05) is 5.38 Å². The van der Waals surface area contributed by atoms with E-state index in [0.29, 0.717) is 20.6 Å². The van der Waals surface area contributed by atoms with Gasteiger partial charge in [0.15, 0.2) is 0 Å². The molecule has 0 radical (unpaired) electrons. The van der Waals surface area contributed by atoms with Crippen LogP contribution in [0.3, 0.4) is 0 Å². The summed E-state index contributed by atoms with van der Waals surface area (Å²) in [4.78, 5) is 3.91. The Kier molecular flexibility index (Phi) is 3.23. The third-order valence-electron chi connectivity index (χ3n) is 1.55. The van der Waals surface area contributed by atoms with Crippen LogP contribution in [0.4, 0.5) is 4.39 Å². The van der Waals surface area contributed by atoms with Crippen LogP contribution in [0.25, 0.3) is 0 Å². The van der Waals surface area contributed by atoms with Crippen molar-refractivity contribution in [1.29, 1.82) is 0 Å². The number of benzene rings is 1. The number of thiazole rings is 1. The van der Waals surface area contributed by atoms with Crippen molar-refractivity contribution < 1.29 is 9.13 Å². The smallest absolute Gasteiger partial charge is 0.280 e. The van der Waals surface area contributed by atoms with Crippen molar-refractivity contribution in [1.82, 2.24) is 4.98 Å². The van der Waals surface area contributed by atoms with Gasteiger partial charge in [0.25, 0.3) is 5.19 Å². The Balaban J connectivity index is 2.21. The number of hydrogen-bond donors (Lipinski definition) is 0. The molecule has 0 aliphatic heterocycles. The lowest BCUT2D eigenvalue weighted by Gasteiger charge is -2.01. The number of halogens is 3. The van der Waals surface area contributed by atoms with Crippen LogP contribution in [0, 0.1) is 5.82 Å². The van der Waals surface area contributed by atoms with E-state index >= 15 is 0 Å². The van der Waals surface area contributed by atoms with Crippen LogP contribution >= 0.6 is 38.9 Å². The zero-order chi connectivity index (χ0) is 10.8. The normalized spacial score (nSPS) is 10.3. The van der Waals surface area contributed by atoms with Crippen LogP contribution in [0.1, 0.15) is 0 Å². The molecule has 0 aliphatic rings. The van der Waals surface area contributed by atoms with Crippen LogP contribution in [-0.2, 0) is 0 Å². The fourth-order valence-corrected chi connectivity index (χ4v) is 2.09. The van der Waals surface area contributed by atoms with Crippen LogP contribution in [0.2, 0.25) is 5.15 Å². The fourth-order valence-electron chi connectivity index (χ4n) is 0.927. The SMILES string of the molecule is Fc1ccc(Oc2nc(Cl)cs2)cc1Br. The quantitative estimate of drug-likeness (QED) is 0.815. The highest BCUT2D eigenvalue weighted by Gasteiger charge is 2.05. The Hall–Kier alpha value is -0.650. The van der Waals surface area contributed by atoms with Crippen molar-refractivity contribution in [3.8, 4) is 10.9 Å². The highest BCUT2D eigenvalue weighted by atomic mass is 79.9. The molecule has 2 aromatic rings. The Morgan fingerprint density at radius 3 is 2.87 bits per heavy atom. The molecule has 0 saturated heterocycles. The minimum atomic E-state index is -0.334. The van der Waals surface area contributed by atoms with Crippen molar-refractivity contribution in [3.63, 3.8) is 0 Å². The summed E-state index contributed by atoms with van der Waals surface area (Å²) in [5, 5.41) is 2.48. The van der Waals surface area contributed by atoms with Crippen LogP contribution < -0.4 is 4.74 Å². The maximum atomic E-state index is 12.9. The molecule has 1 aromatic carbocycles. The lowest BCUT2D eigenvalue weighted by Crippen LogP contribution is -1.84. The number of hydrogen-bond acceptors (Lipinski definition) is 3. The van der Waals surface area contributed by atoms with E-state index in [1.807, 2.05) is 0 Å². The van der Waals surface area contributed by atoms with Gasteiger partial charge in [0.05, 0.1) is 4.47 Å². The van der Waals surface area contributed by atoms with E-state index in [1.54, 1.807) is 5.38 Å². The minimum absolute atomic E-state index is 0.334. The van der Waals surface area contributed by atoms with Crippen LogP contribution in [0.5, 0.6) is 10.9 Å². The minimum Gasteiger partial charge on any atom is -0.431 e. The van der Waals surface area contributed by atoms with Gasteiger partial charge in [-0.25, -0.2) is 4.39 Å². The first kappa shape index (κ1) is 10.9. The molecule has 1 aromatic heterocycles. The fraction of sp³-hybridized carbons (Fsp3) is 0. The number of ether oxygens (including phenoxy) is 1. The Bertz CT molecular complexity index is 491. The maximum Gasteiger partial charge on any atom is 0.280 e. The molecule has 0 amide bonds. The second-order valence-electron chi connectivity index (χ2n) is 2.61. The highest BCUT2D eigenvalue weighted by Crippen LogP contribution is 2.29. The van der Waals surface area contributed by atoms with Crippen molar-refractivity contribution in [2.24, 2.45) is 0 Å². The lowest BCUT2D eigenvalue weighted by atomic mass is 10.3. The monoisotopic (exact) mass is 307 g/mol. The molecule has 0 atom stereocenters. The molecule has 0 unspecified atom stereocenters. The zero-order valence-corrected chi connectivity index (χ0v) is 10.4. The Morgan fingerprint density at radius 1 is 1.47 bits per heavy atom. The highest BCUT2D eigenvalue weighted by molar-refractivity contribution is 9.10. The molecule has 0 fully saturated rings. The molecule has 78 valence electrons. The molecule has 0 bridgehead atoms. The molecule has 15 heavy (non-hydrogen) atoms. The van der Waals surface area contributed by atoms with Crippen molar-refractivity contribution in [2.75, 3.05) is 0 Å². The zero-order valence-electron chi connectivity index (χ0n) is 7.21. The van der Waals surface area contributed by atoms with E-state index in [2.05, 4.69) is 20.9 Å². The summed E-state index contributed by atoms with van der Waals surface area (Å²) in [6, 6.07) is 4.37. The van der Waals surface area contributed by atoms with Crippen LogP contribution in [0.15, 0.2) is 28.1 Å². The van der Waals surface area contributed by atoms with E-state index in [1.165, 1.54) is 29.5 Å². The molecule has 0 saturated carbocycles. The third-order valence-corrected chi connectivity index (χ3v) is 3.20. The largest absolute Gasteiger partial charge is 0.431 e. The van der Waals surface area contributed by atoms with Crippen molar-refractivity contribution >= 4 is 38.9 Å². The molecular weight excluding hydrogens is 305 g/mol. The van der Waals surface area contributed by atoms with Gasteiger partial charge in [-0.2, -0.15) is 4.98 Å². The summed E-state index contributed by atoms with van der Waals surface area (Å²) >= 11 is 9.98. The van der Waals surface area contributed by atoms with Gasteiger partial charge in [-0.1, -0.05) is 22.9 Å². The van der Waals surface area contributed by atoms with Gasteiger partial charge in [-0.15, -0.1) is 0 Å². The second-order valence-corrected chi connectivity index (χ2v) is 4.68. The topological polar surface area (TPSA) is 22.1 Å². The summed E-state index contributed by atoms with van der Waals surface area (Å²) in [6.45, 7) is 0. The van der Waals surface area contributed by atoms with Crippen molar-refractivity contribution in [2.45, 2.75) is 0 Å². The first-order chi connectivity index (χ1) is 7.15. The number of aromatic nitrogens is 1. The van der Waals surface area contributed by atoms with E-state index in [0.717, 1.165) is 0 Å². The molecule has 6 heteroatoms. The van der Waals surface area contributed by atoms with Gasteiger partial charge < -0.3 is 4.74 Å². The van der Waals surface area contributed by atoms with E-state index in [9.17, 15) is 4.39 Å². The average molecular weight is 309 g/mol.